The Morgan fingerprint density at radius 3 is 2.58 bits per heavy atom. The van der Waals surface area contributed by atoms with Gasteiger partial charge < -0.3 is 5.32 Å². The second-order valence-electron chi connectivity index (χ2n) is 10.8. The highest BCUT2D eigenvalue weighted by atomic mass is 16.1. The number of likely N-dealkylation sites (tertiary alicyclic amines) is 1. The van der Waals surface area contributed by atoms with Crippen molar-refractivity contribution in [1.82, 2.24) is 15.2 Å². The summed E-state index contributed by atoms with van der Waals surface area (Å²) in [5, 5.41) is 14.5. The molecule has 2 aliphatic rings. The van der Waals surface area contributed by atoms with E-state index in [9.17, 15) is 10.1 Å². The summed E-state index contributed by atoms with van der Waals surface area (Å²) in [6, 6.07) is 21.3. The molecule has 1 N–H and O–H groups in total. The van der Waals surface area contributed by atoms with Crippen LogP contribution in [-0.2, 0) is 12.0 Å². The van der Waals surface area contributed by atoms with Gasteiger partial charge in [0.2, 0.25) is 0 Å². The van der Waals surface area contributed by atoms with Crippen LogP contribution in [0.5, 0.6) is 0 Å². The summed E-state index contributed by atoms with van der Waals surface area (Å²) in [6.07, 6.45) is 6.26. The number of benzene rings is 2. The molecule has 0 spiro atoms. The van der Waals surface area contributed by atoms with E-state index in [4.69, 9.17) is 4.98 Å². The van der Waals surface area contributed by atoms with E-state index < -0.39 is 5.41 Å². The predicted molar refractivity (Wildman–Crippen MR) is 144 cm³/mol. The maximum Gasteiger partial charge on any atom is 0.270 e. The monoisotopic (exact) mass is 480 g/mol. The number of hydrogen-bond donors (Lipinski definition) is 1. The lowest BCUT2D eigenvalue weighted by Gasteiger charge is -2.38. The molecule has 1 aliphatic heterocycles. The lowest BCUT2D eigenvalue weighted by Crippen LogP contribution is -2.42. The van der Waals surface area contributed by atoms with Crippen molar-refractivity contribution in [1.29, 1.82) is 5.26 Å². The van der Waals surface area contributed by atoms with Crippen LogP contribution < -0.4 is 5.32 Å². The van der Waals surface area contributed by atoms with Crippen molar-refractivity contribution >= 4 is 16.8 Å². The van der Waals surface area contributed by atoms with Gasteiger partial charge in [0.15, 0.2) is 0 Å². The summed E-state index contributed by atoms with van der Waals surface area (Å²) >= 11 is 0. The van der Waals surface area contributed by atoms with Crippen molar-refractivity contribution in [3.05, 3.63) is 77.0 Å². The third-order valence-corrected chi connectivity index (χ3v) is 8.44. The van der Waals surface area contributed by atoms with Crippen LogP contribution in [0.15, 0.2) is 54.6 Å². The molecule has 1 aliphatic carbocycles. The van der Waals surface area contributed by atoms with Gasteiger partial charge in [0, 0.05) is 31.1 Å². The van der Waals surface area contributed by atoms with E-state index in [0.717, 1.165) is 60.9 Å². The first kappa shape index (κ1) is 24.5. The van der Waals surface area contributed by atoms with Gasteiger partial charge in [-0.05, 0) is 67.3 Å². The number of para-hydroxylation sites is 1. The first-order chi connectivity index (χ1) is 17.5. The Morgan fingerprint density at radius 1 is 1.11 bits per heavy atom. The Morgan fingerprint density at radius 2 is 1.83 bits per heavy atom. The van der Waals surface area contributed by atoms with Crippen LogP contribution in [0.2, 0.25) is 0 Å². The number of hydrogen-bond acceptors (Lipinski definition) is 4. The summed E-state index contributed by atoms with van der Waals surface area (Å²) < 4.78 is 0. The molecule has 2 heterocycles. The molecule has 186 valence electrons. The summed E-state index contributed by atoms with van der Waals surface area (Å²) in [4.78, 5) is 20.4. The van der Waals surface area contributed by atoms with Gasteiger partial charge in [0.05, 0.1) is 17.0 Å². The summed E-state index contributed by atoms with van der Waals surface area (Å²) in [7, 11) is 0. The topological polar surface area (TPSA) is 69.0 Å². The number of nitriles is 1. The van der Waals surface area contributed by atoms with Crippen LogP contribution in [0.25, 0.3) is 10.9 Å². The van der Waals surface area contributed by atoms with E-state index in [0.29, 0.717) is 11.6 Å². The number of piperidine rings is 1. The Labute approximate surface area is 214 Å². The van der Waals surface area contributed by atoms with E-state index >= 15 is 0 Å². The molecule has 2 aromatic carbocycles. The zero-order chi connectivity index (χ0) is 25.1. The number of amides is 1. The minimum absolute atomic E-state index is 0.0672. The van der Waals surface area contributed by atoms with Crippen molar-refractivity contribution < 1.29 is 4.79 Å². The average molecular weight is 481 g/mol. The quantitative estimate of drug-likeness (QED) is 0.493. The van der Waals surface area contributed by atoms with E-state index in [1.165, 1.54) is 24.8 Å². The van der Waals surface area contributed by atoms with Gasteiger partial charge in [-0.2, -0.15) is 5.26 Å². The molecule has 1 aromatic heterocycles. The lowest BCUT2D eigenvalue weighted by atomic mass is 9.72. The van der Waals surface area contributed by atoms with Crippen molar-refractivity contribution in [3.8, 4) is 6.07 Å². The maximum absolute atomic E-state index is 13.2. The first-order valence-corrected chi connectivity index (χ1v) is 13.4. The van der Waals surface area contributed by atoms with Crippen molar-refractivity contribution in [2.75, 3.05) is 13.1 Å². The molecule has 0 bridgehead atoms. The minimum atomic E-state index is -0.427. The molecular weight excluding hydrogens is 444 g/mol. The van der Waals surface area contributed by atoms with Gasteiger partial charge in [-0.3, -0.25) is 9.69 Å². The molecular formula is C31H36N4O. The van der Waals surface area contributed by atoms with Crippen molar-refractivity contribution in [2.45, 2.75) is 70.4 Å². The van der Waals surface area contributed by atoms with Crippen LogP contribution in [0.1, 0.15) is 72.6 Å². The first-order valence-electron chi connectivity index (χ1n) is 13.4. The van der Waals surface area contributed by atoms with E-state index in [1.54, 1.807) is 0 Å². The Bertz CT molecular complexity index is 1290. The second kappa shape index (κ2) is 10.4. The molecule has 36 heavy (non-hydrogen) atoms. The Kier molecular flexibility index (Phi) is 7.07. The number of aromatic nitrogens is 1. The molecule has 2 fully saturated rings. The van der Waals surface area contributed by atoms with Gasteiger partial charge in [0.1, 0.15) is 5.69 Å². The molecule has 1 amide bonds. The number of nitrogens with zero attached hydrogens (tertiary/aromatic N) is 3. The highest BCUT2D eigenvalue weighted by Crippen LogP contribution is 2.37. The summed E-state index contributed by atoms with van der Waals surface area (Å²) in [5.74, 6) is 0.437. The predicted octanol–water partition coefficient (Wildman–Crippen LogP) is 5.91. The molecule has 5 heteroatoms. The normalized spacial score (nSPS) is 22.1. The highest BCUT2D eigenvalue weighted by molar-refractivity contribution is 5.96. The standard InChI is InChI=1S/C31H36N4O/c1-22-9-3-6-12-26(22)31(21-32)15-17-35(18-16-31)20-24-19-29(33-28-14-8-5-11-25(24)28)30(36)34-27-13-7-4-10-23(27)2/h3,5-6,8-9,11-12,14,19,23,27H,4,7,10,13,15-18,20H2,1-2H3,(H,34,36). The smallest absolute Gasteiger partial charge is 0.270 e. The van der Waals surface area contributed by atoms with Gasteiger partial charge in [-0.15, -0.1) is 0 Å². The fourth-order valence-electron chi connectivity index (χ4n) is 6.15. The van der Waals surface area contributed by atoms with Crippen LogP contribution in [0.3, 0.4) is 0 Å². The average Bonchev–Trinajstić information content (AvgIpc) is 2.91. The van der Waals surface area contributed by atoms with Crippen LogP contribution >= 0.6 is 0 Å². The zero-order valence-electron chi connectivity index (χ0n) is 21.5. The van der Waals surface area contributed by atoms with Crippen molar-refractivity contribution in [2.24, 2.45) is 5.92 Å². The third-order valence-electron chi connectivity index (χ3n) is 8.44. The molecule has 2 atom stereocenters. The van der Waals surface area contributed by atoms with E-state index in [1.807, 2.05) is 36.4 Å². The van der Waals surface area contributed by atoms with Gasteiger partial charge in [-0.25, -0.2) is 4.98 Å². The Hall–Kier alpha value is -3.23. The number of nitrogens with one attached hydrogen (secondary N) is 1. The molecule has 2 unspecified atom stereocenters. The summed E-state index contributed by atoms with van der Waals surface area (Å²) in [5.41, 5.74) is 4.42. The zero-order valence-corrected chi connectivity index (χ0v) is 21.5. The fraction of sp³-hybridized carbons (Fsp3) is 0.452. The maximum atomic E-state index is 13.2. The number of carbonyl (C=O) groups excluding carboxylic acids is 1. The Balaban J connectivity index is 1.35. The fourth-order valence-corrected chi connectivity index (χ4v) is 6.15. The molecule has 1 saturated carbocycles. The second-order valence-corrected chi connectivity index (χ2v) is 10.8. The van der Waals surface area contributed by atoms with E-state index in [2.05, 4.69) is 48.3 Å². The van der Waals surface area contributed by atoms with Crippen molar-refractivity contribution in [3.63, 3.8) is 0 Å². The third kappa shape index (κ3) is 4.88. The van der Waals surface area contributed by atoms with Gasteiger partial charge in [0.25, 0.3) is 5.91 Å². The number of carbonyl (C=O) groups is 1. The molecule has 0 radical (unpaired) electrons. The van der Waals surface area contributed by atoms with Crippen LogP contribution in [0.4, 0.5) is 0 Å². The summed E-state index contributed by atoms with van der Waals surface area (Å²) in [6.45, 7) is 6.78. The number of fused-ring (bicyclic) bond motifs is 1. The molecule has 5 rings (SSSR count). The number of pyridine rings is 1. The SMILES string of the molecule is Cc1ccccc1C1(C#N)CCN(Cc2cc(C(=O)NC3CCCCC3C)nc3ccccc23)CC1. The van der Waals surface area contributed by atoms with Gasteiger partial charge in [-0.1, -0.05) is 62.2 Å². The minimum Gasteiger partial charge on any atom is -0.348 e. The van der Waals surface area contributed by atoms with Crippen LogP contribution in [-0.4, -0.2) is 34.9 Å². The largest absolute Gasteiger partial charge is 0.348 e. The highest BCUT2D eigenvalue weighted by Gasteiger charge is 2.37. The molecule has 3 aromatic rings. The number of rotatable bonds is 5. The number of aryl methyl sites for hydroxylation is 1. The van der Waals surface area contributed by atoms with Gasteiger partial charge >= 0.3 is 0 Å². The lowest BCUT2D eigenvalue weighted by molar-refractivity contribution is 0.0905. The van der Waals surface area contributed by atoms with E-state index in [-0.39, 0.29) is 11.9 Å². The molecule has 1 saturated heterocycles. The van der Waals surface area contributed by atoms with Crippen LogP contribution in [0, 0.1) is 24.2 Å². The molecule has 5 nitrogen and oxygen atoms in total.